The van der Waals surface area contributed by atoms with E-state index in [0.29, 0.717) is 12.0 Å². The molecule has 1 saturated carbocycles. The highest BCUT2D eigenvalue weighted by Crippen LogP contribution is 2.32. The molecule has 1 atom stereocenters. The molecule has 1 aliphatic heterocycles. The molecule has 1 aromatic rings. The van der Waals surface area contributed by atoms with E-state index in [9.17, 15) is 22.4 Å². The lowest BCUT2D eigenvalue weighted by atomic mass is 9.93. The molecular weight excluding hydrogens is 409 g/mol. The first-order chi connectivity index (χ1) is 14.1. The fraction of sp³-hybridized carbons (Fsp3) is 0.619. The summed E-state index contributed by atoms with van der Waals surface area (Å²) in [6.45, 7) is 4.37. The van der Waals surface area contributed by atoms with Gasteiger partial charge in [0.15, 0.2) is 0 Å². The van der Waals surface area contributed by atoms with Crippen molar-refractivity contribution in [2.24, 2.45) is 0 Å². The van der Waals surface area contributed by atoms with Crippen molar-refractivity contribution in [3.8, 4) is 0 Å². The highest BCUT2D eigenvalue weighted by atomic mass is 32.2. The van der Waals surface area contributed by atoms with Gasteiger partial charge in [0.05, 0.1) is 12.3 Å². The highest BCUT2D eigenvalue weighted by Gasteiger charge is 2.51. The van der Waals surface area contributed by atoms with E-state index in [4.69, 9.17) is 0 Å². The van der Waals surface area contributed by atoms with Crippen molar-refractivity contribution < 1.29 is 22.4 Å². The van der Waals surface area contributed by atoms with Gasteiger partial charge in [-0.3, -0.25) is 14.5 Å². The molecule has 9 heteroatoms. The molecule has 1 heterocycles. The second kappa shape index (κ2) is 8.63. The Morgan fingerprint density at radius 2 is 1.97 bits per heavy atom. The molecule has 1 unspecified atom stereocenters. The van der Waals surface area contributed by atoms with Crippen molar-refractivity contribution in [1.82, 2.24) is 9.62 Å². The zero-order valence-electron chi connectivity index (χ0n) is 17.8. The summed E-state index contributed by atoms with van der Waals surface area (Å²) in [6.07, 6.45) is 4.15. The van der Waals surface area contributed by atoms with Crippen molar-refractivity contribution in [2.75, 3.05) is 23.7 Å². The number of carbonyl (C=O) groups excluding carboxylic acids is 2. The minimum absolute atomic E-state index is 0.00339. The molecule has 7 nitrogen and oxygen atoms in total. The maximum absolute atomic E-state index is 14.3. The smallest absolute Gasteiger partial charge is 0.247 e. The molecule has 2 aliphatic rings. The fourth-order valence-electron chi connectivity index (χ4n) is 4.28. The molecule has 1 saturated heterocycles. The Bertz CT molecular complexity index is 930. The van der Waals surface area contributed by atoms with Gasteiger partial charge in [-0.2, -0.15) is 4.31 Å². The molecule has 0 aromatic heterocycles. The van der Waals surface area contributed by atoms with Crippen molar-refractivity contribution >= 4 is 27.5 Å². The monoisotopic (exact) mass is 439 g/mol. The Morgan fingerprint density at radius 1 is 1.30 bits per heavy atom. The third kappa shape index (κ3) is 4.37. The Labute approximate surface area is 177 Å². The SMILES string of the molecule is CCCS(=O)(=O)N1CC(=O)N(c2ccc(C)c(F)c2)C(C)(C(=O)NC2CCCC2)C1. The third-order valence-corrected chi connectivity index (χ3v) is 7.96. The molecule has 1 aromatic carbocycles. The molecule has 3 rings (SSSR count). The topological polar surface area (TPSA) is 86.8 Å². The van der Waals surface area contributed by atoms with Crippen LogP contribution in [0.25, 0.3) is 0 Å². The van der Waals surface area contributed by atoms with Gasteiger partial charge in [0.1, 0.15) is 11.4 Å². The minimum atomic E-state index is -3.69. The Morgan fingerprint density at radius 3 is 2.57 bits per heavy atom. The van der Waals surface area contributed by atoms with Gasteiger partial charge in [-0.25, -0.2) is 12.8 Å². The number of sulfonamides is 1. The Kier molecular flexibility index (Phi) is 6.52. The largest absolute Gasteiger partial charge is 0.351 e. The van der Waals surface area contributed by atoms with Crippen LogP contribution in [0.3, 0.4) is 0 Å². The summed E-state index contributed by atoms with van der Waals surface area (Å²) in [5, 5.41) is 2.99. The van der Waals surface area contributed by atoms with E-state index >= 15 is 0 Å². The Hall–Kier alpha value is -2.00. The lowest BCUT2D eigenvalue weighted by molar-refractivity contribution is -0.133. The lowest BCUT2D eigenvalue weighted by Crippen LogP contribution is -2.70. The molecule has 166 valence electrons. The highest BCUT2D eigenvalue weighted by molar-refractivity contribution is 7.89. The summed E-state index contributed by atoms with van der Waals surface area (Å²) in [5.41, 5.74) is -0.812. The van der Waals surface area contributed by atoms with E-state index in [2.05, 4.69) is 5.32 Å². The van der Waals surface area contributed by atoms with Gasteiger partial charge in [-0.05, 0) is 50.8 Å². The molecule has 2 amide bonds. The number of hydrogen-bond acceptors (Lipinski definition) is 4. The van der Waals surface area contributed by atoms with Gasteiger partial charge in [0.25, 0.3) is 0 Å². The number of nitrogens with zero attached hydrogens (tertiary/aromatic N) is 2. The molecule has 1 N–H and O–H groups in total. The van der Waals surface area contributed by atoms with Gasteiger partial charge in [-0.15, -0.1) is 0 Å². The molecule has 0 bridgehead atoms. The second-order valence-electron chi connectivity index (χ2n) is 8.48. The second-order valence-corrected chi connectivity index (χ2v) is 10.6. The van der Waals surface area contributed by atoms with Crippen LogP contribution >= 0.6 is 0 Å². The number of benzene rings is 1. The molecular formula is C21H30FN3O4S. The number of piperazine rings is 1. The summed E-state index contributed by atoms with van der Waals surface area (Å²) in [7, 11) is -3.69. The van der Waals surface area contributed by atoms with Crippen LogP contribution in [0.1, 0.15) is 51.5 Å². The number of carbonyl (C=O) groups is 2. The number of hydrogen-bond donors (Lipinski definition) is 1. The lowest BCUT2D eigenvalue weighted by Gasteiger charge is -2.47. The van der Waals surface area contributed by atoms with Crippen LogP contribution in [0.5, 0.6) is 0 Å². The average molecular weight is 440 g/mol. The van der Waals surface area contributed by atoms with E-state index in [-0.39, 0.29) is 30.6 Å². The van der Waals surface area contributed by atoms with E-state index in [1.54, 1.807) is 32.9 Å². The summed E-state index contributed by atoms with van der Waals surface area (Å²) in [6, 6.07) is 4.37. The van der Waals surface area contributed by atoms with Crippen LogP contribution < -0.4 is 10.2 Å². The maximum atomic E-state index is 14.3. The van der Waals surface area contributed by atoms with Gasteiger partial charge in [0.2, 0.25) is 21.8 Å². The predicted molar refractivity (Wildman–Crippen MR) is 113 cm³/mol. The third-order valence-electron chi connectivity index (χ3n) is 5.99. The van der Waals surface area contributed by atoms with Gasteiger partial charge >= 0.3 is 0 Å². The van der Waals surface area contributed by atoms with Crippen molar-refractivity contribution in [3.05, 3.63) is 29.6 Å². The minimum Gasteiger partial charge on any atom is -0.351 e. The standard InChI is InChI=1S/C21H30FN3O4S/c1-4-11-30(28,29)24-13-19(26)25(17-10-9-15(2)18(22)12-17)21(3,14-24)20(27)23-16-7-5-6-8-16/h9-10,12,16H,4-8,11,13-14H2,1-3H3,(H,23,27). The maximum Gasteiger partial charge on any atom is 0.247 e. The van der Waals surface area contributed by atoms with E-state index in [0.717, 1.165) is 30.0 Å². The average Bonchev–Trinajstić information content (AvgIpc) is 3.17. The van der Waals surface area contributed by atoms with Crippen LogP contribution in [0.15, 0.2) is 18.2 Å². The van der Waals surface area contributed by atoms with Gasteiger partial charge in [-0.1, -0.05) is 25.8 Å². The zero-order chi connectivity index (χ0) is 22.1. The van der Waals surface area contributed by atoms with E-state index in [1.165, 1.54) is 11.0 Å². The van der Waals surface area contributed by atoms with Crippen LogP contribution in [-0.4, -0.2) is 55.0 Å². The summed E-state index contributed by atoms with van der Waals surface area (Å²) >= 11 is 0. The first-order valence-corrected chi connectivity index (χ1v) is 12.1. The fourth-order valence-corrected chi connectivity index (χ4v) is 5.81. The summed E-state index contributed by atoms with van der Waals surface area (Å²) < 4.78 is 40.7. The van der Waals surface area contributed by atoms with Crippen LogP contribution in [0.2, 0.25) is 0 Å². The number of nitrogens with one attached hydrogen (secondary N) is 1. The van der Waals surface area contributed by atoms with Gasteiger partial charge in [0, 0.05) is 18.3 Å². The number of halogens is 1. The number of amides is 2. The van der Waals surface area contributed by atoms with Crippen LogP contribution in [0.4, 0.5) is 10.1 Å². The van der Waals surface area contributed by atoms with E-state index in [1.807, 2.05) is 0 Å². The summed E-state index contributed by atoms with van der Waals surface area (Å²) in [5.74, 6) is -1.55. The molecule has 0 spiro atoms. The van der Waals surface area contributed by atoms with Crippen molar-refractivity contribution in [1.29, 1.82) is 0 Å². The first kappa shape index (κ1) is 22.7. The van der Waals surface area contributed by atoms with E-state index < -0.39 is 33.2 Å². The predicted octanol–water partition coefficient (Wildman–Crippen LogP) is 2.34. The van der Waals surface area contributed by atoms with Crippen LogP contribution in [-0.2, 0) is 19.6 Å². The number of anilines is 1. The molecule has 2 fully saturated rings. The quantitative estimate of drug-likeness (QED) is 0.737. The zero-order valence-corrected chi connectivity index (χ0v) is 18.6. The molecule has 1 aliphatic carbocycles. The summed E-state index contributed by atoms with van der Waals surface area (Å²) in [4.78, 5) is 27.8. The van der Waals surface area contributed by atoms with Crippen molar-refractivity contribution in [2.45, 2.75) is 64.5 Å². The van der Waals surface area contributed by atoms with Gasteiger partial charge < -0.3 is 5.32 Å². The molecule has 30 heavy (non-hydrogen) atoms. The number of aryl methyl sites for hydroxylation is 1. The first-order valence-electron chi connectivity index (χ1n) is 10.5. The Balaban J connectivity index is 2.01. The number of rotatable bonds is 6. The van der Waals surface area contributed by atoms with Crippen LogP contribution in [0, 0.1) is 12.7 Å². The molecule has 0 radical (unpaired) electrons. The van der Waals surface area contributed by atoms with Crippen molar-refractivity contribution in [3.63, 3.8) is 0 Å². The normalized spacial score (nSPS) is 23.7.